The van der Waals surface area contributed by atoms with Crippen molar-refractivity contribution in [2.24, 2.45) is 0 Å². The summed E-state index contributed by atoms with van der Waals surface area (Å²) in [7, 11) is 0. The summed E-state index contributed by atoms with van der Waals surface area (Å²) in [6.45, 7) is 5.02. The zero-order valence-electron chi connectivity index (χ0n) is 15.7. The predicted molar refractivity (Wildman–Crippen MR) is 106 cm³/mol. The van der Waals surface area contributed by atoms with Crippen LogP contribution >= 0.6 is 11.6 Å². The van der Waals surface area contributed by atoms with Gasteiger partial charge in [0.15, 0.2) is 12.4 Å². The standard InChI is InChI=1S/C19H20ClN3O5/c1-11-6-12(2)19(13(3)7-11)22-17(24)9-21-18(25)10-28-16-5-4-14(20)8-15(16)23(26)27/h4-8H,9-10H2,1-3H3,(H,21,25)(H,22,24). The van der Waals surface area contributed by atoms with E-state index in [2.05, 4.69) is 10.6 Å². The molecule has 8 nitrogen and oxygen atoms in total. The van der Waals surface area contributed by atoms with Crippen molar-refractivity contribution in [3.05, 3.63) is 62.2 Å². The number of ether oxygens (including phenoxy) is 1. The third kappa shape index (κ3) is 5.68. The van der Waals surface area contributed by atoms with Gasteiger partial charge in [0, 0.05) is 16.8 Å². The highest BCUT2D eigenvalue weighted by Crippen LogP contribution is 2.29. The number of nitro groups is 1. The summed E-state index contributed by atoms with van der Waals surface area (Å²) in [5, 5.41) is 16.4. The van der Waals surface area contributed by atoms with Crippen molar-refractivity contribution in [1.29, 1.82) is 0 Å². The molecule has 0 saturated heterocycles. The van der Waals surface area contributed by atoms with E-state index < -0.39 is 17.4 Å². The number of rotatable bonds is 7. The molecular weight excluding hydrogens is 386 g/mol. The van der Waals surface area contributed by atoms with Crippen LogP contribution < -0.4 is 15.4 Å². The zero-order chi connectivity index (χ0) is 20.8. The predicted octanol–water partition coefficient (Wildman–Crippen LogP) is 3.31. The van der Waals surface area contributed by atoms with Gasteiger partial charge < -0.3 is 15.4 Å². The fourth-order valence-corrected chi connectivity index (χ4v) is 2.86. The van der Waals surface area contributed by atoms with Crippen molar-refractivity contribution in [3.63, 3.8) is 0 Å². The Bertz CT molecular complexity index is 907. The average Bonchev–Trinajstić information content (AvgIpc) is 2.61. The van der Waals surface area contributed by atoms with E-state index in [4.69, 9.17) is 16.3 Å². The number of amides is 2. The second-order valence-electron chi connectivity index (χ2n) is 6.26. The maximum Gasteiger partial charge on any atom is 0.312 e. The number of halogens is 1. The minimum atomic E-state index is -0.654. The quantitative estimate of drug-likeness (QED) is 0.542. The fourth-order valence-electron chi connectivity index (χ4n) is 2.69. The van der Waals surface area contributed by atoms with Crippen LogP contribution in [0.5, 0.6) is 5.75 Å². The maximum atomic E-state index is 12.1. The number of carbonyl (C=O) groups excluding carboxylic acids is 2. The second kappa shape index (κ2) is 9.18. The summed E-state index contributed by atoms with van der Waals surface area (Å²) in [5.74, 6) is -1.06. The van der Waals surface area contributed by atoms with Crippen LogP contribution in [0.3, 0.4) is 0 Å². The Kier molecular flexibility index (Phi) is 6.94. The number of benzene rings is 2. The van der Waals surface area contributed by atoms with Gasteiger partial charge in [-0.2, -0.15) is 0 Å². The minimum Gasteiger partial charge on any atom is -0.477 e. The molecule has 28 heavy (non-hydrogen) atoms. The Labute approximate surface area is 167 Å². The second-order valence-corrected chi connectivity index (χ2v) is 6.69. The van der Waals surface area contributed by atoms with E-state index in [1.807, 2.05) is 32.9 Å². The number of aryl methyl sites for hydroxylation is 3. The molecule has 148 valence electrons. The van der Waals surface area contributed by atoms with E-state index in [9.17, 15) is 19.7 Å². The highest BCUT2D eigenvalue weighted by atomic mass is 35.5. The van der Waals surface area contributed by atoms with Crippen molar-refractivity contribution >= 4 is 34.8 Å². The van der Waals surface area contributed by atoms with Crippen molar-refractivity contribution < 1.29 is 19.2 Å². The van der Waals surface area contributed by atoms with Crippen molar-refractivity contribution in [2.75, 3.05) is 18.5 Å². The summed E-state index contributed by atoms with van der Waals surface area (Å²) in [5.41, 5.74) is 3.31. The molecule has 0 spiro atoms. The molecule has 0 aliphatic rings. The lowest BCUT2D eigenvalue weighted by Gasteiger charge is -2.13. The Morgan fingerprint density at radius 2 is 1.75 bits per heavy atom. The molecule has 0 aromatic heterocycles. The van der Waals surface area contributed by atoms with Crippen LogP contribution in [0.2, 0.25) is 5.02 Å². The Balaban J connectivity index is 1.88. The molecule has 0 aliphatic carbocycles. The van der Waals surface area contributed by atoms with Gasteiger partial charge >= 0.3 is 5.69 Å². The smallest absolute Gasteiger partial charge is 0.312 e. The summed E-state index contributed by atoms with van der Waals surface area (Å²) >= 11 is 5.72. The van der Waals surface area contributed by atoms with E-state index in [1.54, 1.807) is 0 Å². The fraction of sp³-hybridized carbons (Fsp3) is 0.263. The molecule has 2 N–H and O–H groups in total. The minimum absolute atomic E-state index is 0.0834. The third-order valence-corrected chi connectivity index (χ3v) is 4.10. The van der Waals surface area contributed by atoms with E-state index >= 15 is 0 Å². The Hall–Kier alpha value is -3.13. The molecule has 2 aromatic rings. The normalized spacial score (nSPS) is 10.3. The van der Waals surface area contributed by atoms with Gasteiger partial charge in [-0.05, 0) is 44.0 Å². The van der Waals surface area contributed by atoms with E-state index in [1.165, 1.54) is 12.1 Å². The number of carbonyl (C=O) groups is 2. The number of hydrogen-bond acceptors (Lipinski definition) is 5. The summed E-state index contributed by atoms with van der Waals surface area (Å²) in [6.07, 6.45) is 0. The average molecular weight is 406 g/mol. The van der Waals surface area contributed by atoms with Gasteiger partial charge in [-0.1, -0.05) is 29.3 Å². The number of nitrogens with zero attached hydrogens (tertiary/aromatic N) is 1. The van der Waals surface area contributed by atoms with Gasteiger partial charge in [-0.15, -0.1) is 0 Å². The van der Waals surface area contributed by atoms with Gasteiger partial charge in [0.2, 0.25) is 5.91 Å². The molecule has 0 heterocycles. The largest absolute Gasteiger partial charge is 0.477 e. The molecule has 2 amide bonds. The topological polar surface area (TPSA) is 111 Å². The monoisotopic (exact) mass is 405 g/mol. The first-order chi connectivity index (χ1) is 13.2. The van der Waals surface area contributed by atoms with Gasteiger partial charge in [0.25, 0.3) is 5.91 Å². The summed E-state index contributed by atoms with van der Waals surface area (Å²) in [4.78, 5) is 34.3. The molecule has 0 aliphatic heterocycles. The van der Waals surface area contributed by atoms with Crippen molar-refractivity contribution in [2.45, 2.75) is 20.8 Å². The molecule has 0 fully saturated rings. The number of hydrogen-bond donors (Lipinski definition) is 2. The van der Waals surface area contributed by atoms with Crippen LogP contribution in [0.15, 0.2) is 30.3 Å². The van der Waals surface area contributed by atoms with Crippen LogP contribution in [0.1, 0.15) is 16.7 Å². The first-order valence-electron chi connectivity index (χ1n) is 8.38. The molecule has 2 aromatic carbocycles. The van der Waals surface area contributed by atoms with E-state index in [-0.39, 0.29) is 28.9 Å². The summed E-state index contributed by atoms with van der Waals surface area (Å²) < 4.78 is 5.17. The van der Waals surface area contributed by atoms with E-state index in [0.717, 1.165) is 22.8 Å². The van der Waals surface area contributed by atoms with E-state index in [0.29, 0.717) is 5.69 Å². The first kappa shape index (κ1) is 21.2. The first-order valence-corrected chi connectivity index (χ1v) is 8.76. The lowest BCUT2D eigenvalue weighted by Crippen LogP contribution is -2.36. The van der Waals surface area contributed by atoms with Crippen LogP contribution in [-0.4, -0.2) is 29.9 Å². The van der Waals surface area contributed by atoms with Gasteiger partial charge in [0.1, 0.15) is 0 Å². The molecule has 9 heteroatoms. The molecule has 2 rings (SSSR count). The molecule has 0 bridgehead atoms. The molecule has 0 saturated carbocycles. The molecular formula is C19H20ClN3O5. The highest BCUT2D eigenvalue weighted by molar-refractivity contribution is 6.30. The number of anilines is 1. The Morgan fingerprint density at radius 3 is 2.36 bits per heavy atom. The zero-order valence-corrected chi connectivity index (χ0v) is 16.4. The number of nitrogens with one attached hydrogen (secondary N) is 2. The third-order valence-electron chi connectivity index (χ3n) is 3.86. The summed E-state index contributed by atoms with van der Waals surface area (Å²) in [6, 6.07) is 7.77. The number of nitro benzene ring substituents is 1. The lowest BCUT2D eigenvalue weighted by atomic mass is 10.1. The van der Waals surface area contributed by atoms with Crippen LogP contribution in [0.25, 0.3) is 0 Å². The van der Waals surface area contributed by atoms with Gasteiger partial charge in [-0.3, -0.25) is 19.7 Å². The van der Waals surface area contributed by atoms with Gasteiger partial charge in [-0.25, -0.2) is 0 Å². The highest BCUT2D eigenvalue weighted by Gasteiger charge is 2.17. The van der Waals surface area contributed by atoms with Crippen LogP contribution in [0.4, 0.5) is 11.4 Å². The van der Waals surface area contributed by atoms with Crippen LogP contribution in [-0.2, 0) is 9.59 Å². The van der Waals surface area contributed by atoms with Gasteiger partial charge in [0.05, 0.1) is 11.5 Å². The molecule has 0 unspecified atom stereocenters. The lowest BCUT2D eigenvalue weighted by molar-refractivity contribution is -0.385. The van der Waals surface area contributed by atoms with Crippen LogP contribution in [0, 0.1) is 30.9 Å². The van der Waals surface area contributed by atoms with Crippen molar-refractivity contribution in [1.82, 2.24) is 5.32 Å². The Morgan fingerprint density at radius 1 is 1.11 bits per heavy atom. The maximum absolute atomic E-state index is 12.1. The van der Waals surface area contributed by atoms with Crippen molar-refractivity contribution in [3.8, 4) is 5.75 Å². The molecule has 0 radical (unpaired) electrons. The SMILES string of the molecule is Cc1cc(C)c(NC(=O)CNC(=O)COc2ccc(Cl)cc2[N+](=O)[O-])c(C)c1. The molecule has 0 atom stereocenters.